The van der Waals surface area contributed by atoms with Gasteiger partial charge in [-0.2, -0.15) is 17.2 Å². The van der Waals surface area contributed by atoms with Gasteiger partial charge in [-0.25, -0.2) is 4.98 Å². The molecule has 0 aliphatic carbocycles. The second-order valence-electron chi connectivity index (χ2n) is 11.6. The fourth-order valence-electron chi connectivity index (χ4n) is 6.16. The van der Waals surface area contributed by atoms with Crippen molar-refractivity contribution >= 4 is 21.8 Å². The van der Waals surface area contributed by atoms with Crippen molar-refractivity contribution in [2.24, 2.45) is 0 Å². The van der Waals surface area contributed by atoms with Crippen LogP contribution in [-0.2, 0) is 21.1 Å². The van der Waals surface area contributed by atoms with Gasteiger partial charge in [0.1, 0.15) is 17.3 Å². The van der Waals surface area contributed by atoms with Crippen LogP contribution >= 0.6 is 0 Å². The molecule has 8 heteroatoms. The second-order valence-corrected chi connectivity index (χ2v) is 11.6. The van der Waals surface area contributed by atoms with Crippen molar-refractivity contribution in [2.75, 3.05) is 13.2 Å². The van der Waals surface area contributed by atoms with E-state index >= 15 is 0 Å². The smallest absolute Gasteiger partial charge is 0.509 e. The fraction of sp³-hybridized carbons (Fsp3) is 0.200. The van der Waals surface area contributed by atoms with Crippen molar-refractivity contribution in [3.05, 3.63) is 120 Å². The summed E-state index contributed by atoms with van der Waals surface area (Å²) in [5.41, 5.74) is 9.02. The maximum absolute atomic E-state index is 6.37. The number of rotatable bonds is 9. The Kier molecular flexibility index (Phi) is 9.43. The van der Waals surface area contributed by atoms with Gasteiger partial charge in [0, 0.05) is 35.0 Å². The minimum Gasteiger partial charge on any atom is -0.509 e. The van der Waals surface area contributed by atoms with Gasteiger partial charge in [0.15, 0.2) is 0 Å². The number of benzene rings is 4. The largest absolute Gasteiger partial charge is 2.00 e. The minimum absolute atomic E-state index is 0. The second kappa shape index (κ2) is 13.7. The van der Waals surface area contributed by atoms with Crippen molar-refractivity contribution in [3.63, 3.8) is 0 Å². The first-order valence-corrected chi connectivity index (χ1v) is 15.9. The number of hydrogen-bond donors (Lipinski definition) is 0. The van der Waals surface area contributed by atoms with Crippen LogP contribution in [0.2, 0.25) is 0 Å². The van der Waals surface area contributed by atoms with Crippen molar-refractivity contribution in [1.29, 1.82) is 0 Å². The molecule has 0 amide bonds. The van der Waals surface area contributed by atoms with E-state index in [1.807, 2.05) is 68.8 Å². The summed E-state index contributed by atoms with van der Waals surface area (Å²) >= 11 is 0. The normalized spacial score (nSPS) is 11.1. The summed E-state index contributed by atoms with van der Waals surface area (Å²) in [6.45, 7) is 13.5. The zero-order valence-electron chi connectivity index (χ0n) is 27.8. The molecule has 0 bridgehead atoms. The van der Waals surface area contributed by atoms with Gasteiger partial charge >= 0.3 is 21.1 Å². The summed E-state index contributed by atoms with van der Waals surface area (Å²) in [7, 11) is 0. The minimum atomic E-state index is 0. The summed E-state index contributed by atoms with van der Waals surface area (Å²) in [6, 6.07) is 29.1. The molecule has 0 atom stereocenters. The van der Waals surface area contributed by atoms with Gasteiger partial charge in [-0.1, -0.05) is 23.7 Å². The molecule has 0 radical (unpaired) electrons. The van der Waals surface area contributed by atoms with Crippen LogP contribution in [0, 0.1) is 39.8 Å². The quantitative estimate of drug-likeness (QED) is 0.136. The molecule has 0 aliphatic heterocycles. The van der Waals surface area contributed by atoms with Crippen LogP contribution in [0.15, 0.2) is 85.3 Å². The van der Waals surface area contributed by atoms with Crippen LogP contribution in [0.3, 0.4) is 0 Å². The monoisotopic (exact) mass is 815 g/mol. The molecule has 0 aliphatic rings. The van der Waals surface area contributed by atoms with Crippen LogP contribution in [0.25, 0.3) is 44.4 Å². The molecule has 7 nitrogen and oxygen atoms in total. The summed E-state index contributed by atoms with van der Waals surface area (Å²) in [5.74, 6) is 3.62. The zero-order chi connectivity index (χ0) is 32.7. The zero-order valence-corrected chi connectivity index (χ0v) is 30.1. The van der Waals surface area contributed by atoms with Crippen LogP contribution in [0.1, 0.15) is 36.1 Å². The van der Waals surface area contributed by atoms with Gasteiger partial charge in [-0.15, -0.1) is 35.7 Å². The predicted molar refractivity (Wildman–Crippen MR) is 187 cm³/mol. The number of fused-ring (bicyclic) bond motifs is 3. The molecular formula is C40H36N4O3Pt. The van der Waals surface area contributed by atoms with Crippen molar-refractivity contribution in [1.82, 2.24) is 19.3 Å². The van der Waals surface area contributed by atoms with E-state index in [2.05, 4.69) is 79.7 Å². The van der Waals surface area contributed by atoms with Crippen LogP contribution in [-0.4, -0.2) is 32.5 Å². The summed E-state index contributed by atoms with van der Waals surface area (Å²) in [5, 5.41) is 6.93. The van der Waals surface area contributed by atoms with Crippen molar-refractivity contribution < 1.29 is 35.3 Å². The average molecular weight is 816 g/mol. The first-order chi connectivity index (χ1) is 22.9. The predicted octanol–water partition coefficient (Wildman–Crippen LogP) is 9.45. The molecular weight excluding hydrogens is 780 g/mol. The van der Waals surface area contributed by atoms with E-state index in [4.69, 9.17) is 19.3 Å². The van der Waals surface area contributed by atoms with E-state index in [0.29, 0.717) is 24.7 Å². The SMILES string of the molecule is CCOc1c(C)c(C)c(C)c(OCC)c1-c1cnn(-c2[c-]c(Oc3[c-]c4c(cc3)c3ccccc3n4-c3cc(C)ccn3)ccc2)c1.[Pt+2]. The number of nitrogens with zero attached hydrogens (tertiary/aromatic N) is 4. The summed E-state index contributed by atoms with van der Waals surface area (Å²) in [4.78, 5) is 4.68. The Morgan fingerprint density at radius 3 is 2.21 bits per heavy atom. The van der Waals surface area contributed by atoms with Gasteiger partial charge < -0.3 is 18.8 Å². The Morgan fingerprint density at radius 1 is 0.750 bits per heavy atom. The molecule has 4 aromatic carbocycles. The van der Waals surface area contributed by atoms with E-state index in [0.717, 1.165) is 78.2 Å². The number of para-hydroxylation sites is 1. The Labute approximate surface area is 295 Å². The summed E-state index contributed by atoms with van der Waals surface area (Å²) in [6.07, 6.45) is 5.66. The fourth-order valence-corrected chi connectivity index (χ4v) is 6.16. The van der Waals surface area contributed by atoms with Gasteiger partial charge in [-0.3, -0.25) is 4.68 Å². The third-order valence-corrected chi connectivity index (χ3v) is 8.62. The van der Waals surface area contributed by atoms with Gasteiger partial charge in [0.25, 0.3) is 0 Å². The van der Waals surface area contributed by atoms with Crippen LogP contribution in [0.4, 0.5) is 0 Å². The molecule has 0 spiro atoms. The molecule has 244 valence electrons. The van der Waals surface area contributed by atoms with Crippen LogP contribution in [0.5, 0.6) is 23.0 Å². The Bertz CT molecular complexity index is 2240. The molecule has 48 heavy (non-hydrogen) atoms. The van der Waals surface area contributed by atoms with E-state index in [1.165, 1.54) is 0 Å². The Morgan fingerprint density at radius 2 is 1.48 bits per heavy atom. The molecule has 0 N–H and O–H groups in total. The molecule has 3 heterocycles. The third-order valence-electron chi connectivity index (χ3n) is 8.62. The standard InChI is InChI=1S/C40H36N4O3.Pt/c1-7-45-39-27(5)26(4)28(6)40(46-8-2)38(39)29-23-42-43(24-29)30-12-11-13-31(21-30)47-32-16-17-34-33-14-9-10-15-35(33)44(36(34)22-32)37-20-25(3)18-19-41-37;/h9-20,23-24H,7-8H2,1-6H3;/q-2;+2. The summed E-state index contributed by atoms with van der Waals surface area (Å²) < 4.78 is 22.7. The maximum Gasteiger partial charge on any atom is 2.00 e. The number of pyridine rings is 1. The molecule has 3 aromatic heterocycles. The number of ether oxygens (including phenoxy) is 3. The van der Waals surface area contributed by atoms with Gasteiger partial charge in [0.05, 0.1) is 25.0 Å². The molecule has 0 fully saturated rings. The molecule has 0 unspecified atom stereocenters. The van der Waals surface area contributed by atoms with E-state index in [-0.39, 0.29) is 21.1 Å². The van der Waals surface area contributed by atoms with E-state index < -0.39 is 0 Å². The van der Waals surface area contributed by atoms with E-state index in [9.17, 15) is 0 Å². The number of hydrogen-bond acceptors (Lipinski definition) is 5. The van der Waals surface area contributed by atoms with Crippen molar-refractivity contribution in [2.45, 2.75) is 41.5 Å². The third kappa shape index (κ3) is 5.88. The topological polar surface area (TPSA) is 63.3 Å². The van der Waals surface area contributed by atoms with Gasteiger partial charge in [-0.05, 0) is 93.1 Å². The Hall–Kier alpha value is -4.87. The first kappa shape index (κ1) is 33.0. The van der Waals surface area contributed by atoms with Gasteiger partial charge in [0.2, 0.25) is 0 Å². The average Bonchev–Trinajstić information content (AvgIpc) is 3.69. The number of aryl methyl sites for hydroxylation is 1. The molecule has 7 rings (SSSR count). The first-order valence-electron chi connectivity index (χ1n) is 15.9. The van der Waals surface area contributed by atoms with Crippen molar-refractivity contribution in [3.8, 4) is 45.6 Å². The molecule has 0 saturated carbocycles. The molecule has 0 saturated heterocycles. The van der Waals surface area contributed by atoms with E-state index in [1.54, 1.807) is 4.68 Å². The maximum atomic E-state index is 6.37. The Balaban J connectivity index is 0.00000401. The van der Waals surface area contributed by atoms with Crippen LogP contribution < -0.4 is 14.2 Å². The number of aromatic nitrogens is 4. The molecule has 7 aromatic rings.